The molecule has 2 aromatic rings. The van der Waals surface area contributed by atoms with Crippen LogP contribution in [-0.2, 0) is 19.3 Å². The zero-order chi connectivity index (χ0) is 16.5. The van der Waals surface area contributed by atoms with Crippen molar-refractivity contribution in [3.63, 3.8) is 0 Å². The Labute approximate surface area is 141 Å². The minimum Gasteiger partial charge on any atom is -0.493 e. The summed E-state index contributed by atoms with van der Waals surface area (Å²) in [4.78, 5) is 15.5. The summed E-state index contributed by atoms with van der Waals surface area (Å²) in [6.07, 6.45) is 9.40. The third kappa shape index (κ3) is 2.66. The molecule has 1 aliphatic carbocycles. The van der Waals surface area contributed by atoms with Crippen LogP contribution in [0.4, 0.5) is 0 Å². The SMILES string of the molecule is O=C(O)c1ccncc1CCC1CCCc2c1ccc1c2OCC1. The van der Waals surface area contributed by atoms with E-state index in [9.17, 15) is 9.90 Å². The van der Waals surface area contributed by atoms with Gasteiger partial charge in [0.25, 0.3) is 0 Å². The van der Waals surface area contributed by atoms with Crippen molar-refractivity contribution >= 4 is 5.97 Å². The minimum absolute atomic E-state index is 0.373. The van der Waals surface area contributed by atoms with Gasteiger partial charge in [-0.2, -0.15) is 0 Å². The molecule has 1 unspecified atom stereocenters. The molecule has 1 aromatic carbocycles. The molecule has 0 fully saturated rings. The monoisotopic (exact) mass is 323 g/mol. The van der Waals surface area contributed by atoms with Crippen LogP contribution in [0.5, 0.6) is 5.75 Å². The molecule has 0 amide bonds. The Kier molecular flexibility index (Phi) is 3.97. The standard InChI is InChI=1S/C20H21NO3/c22-20(23)17-8-10-21-12-15(17)5-4-13-2-1-3-18-16(13)7-6-14-9-11-24-19(14)18/h6-8,10,12-13H,1-5,9,11H2,(H,22,23). The molecular formula is C20H21NO3. The Hall–Kier alpha value is -2.36. The normalized spacial score (nSPS) is 18.6. The van der Waals surface area contributed by atoms with E-state index in [1.807, 2.05) is 0 Å². The number of aromatic carboxylic acids is 1. The van der Waals surface area contributed by atoms with Crippen molar-refractivity contribution < 1.29 is 14.6 Å². The second-order valence-corrected chi connectivity index (χ2v) is 6.69. The quantitative estimate of drug-likeness (QED) is 0.930. The van der Waals surface area contributed by atoms with Crippen molar-refractivity contribution in [3.05, 3.63) is 58.4 Å². The number of benzene rings is 1. The molecule has 1 aliphatic heterocycles. The van der Waals surface area contributed by atoms with Crippen LogP contribution in [0.2, 0.25) is 0 Å². The number of ether oxygens (including phenoxy) is 1. The minimum atomic E-state index is -0.873. The maximum absolute atomic E-state index is 11.4. The molecule has 4 nitrogen and oxygen atoms in total. The number of aryl methyl sites for hydroxylation is 1. The van der Waals surface area contributed by atoms with Crippen molar-refractivity contribution in [1.82, 2.24) is 4.98 Å². The van der Waals surface area contributed by atoms with Crippen LogP contribution in [0, 0.1) is 0 Å². The van der Waals surface area contributed by atoms with Gasteiger partial charge in [0, 0.05) is 18.8 Å². The predicted molar refractivity (Wildman–Crippen MR) is 90.8 cm³/mol. The number of hydrogen-bond donors (Lipinski definition) is 1. The Morgan fingerprint density at radius 3 is 3.08 bits per heavy atom. The fraction of sp³-hybridized carbons (Fsp3) is 0.400. The maximum Gasteiger partial charge on any atom is 0.336 e. The van der Waals surface area contributed by atoms with Crippen molar-refractivity contribution in [1.29, 1.82) is 0 Å². The zero-order valence-electron chi connectivity index (χ0n) is 13.6. The Morgan fingerprint density at radius 2 is 2.21 bits per heavy atom. The molecule has 0 saturated heterocycles. The fourth-order valence-corrected chi connectivity index (χ4v) is 4.12. The fourth-order valence-electron chi connectivity index (χ4n) is 4.12. The summed E-state index contributed by atoms with van der Waals surface area (Å²) in [7, 11) is 0. The maximum atomic E-state index is 11.4. The number of fused-ring (bicyclic) bond motifs is 3. The van der Waals surface area contributed by atoms with Gasteiger partial charge in [0.2, 0.25) is 0 Å². The predicted octanol–water partition coefficient (Wildman–Crippen LogP) is 3.77. The third-order valence-electron chi connectivity index (χ3n) is 5.31. The summed E-state index contributed by atoms with van der Waals surface area (Å²) < 4.78 is 5.87. The molecule has 0 spiro atoms. The molecule has 0 radical (unpaired) electrons. The molecule has 4 rings (SSSR count). The average molecular weight is 323 g/mol. The summed E-state index contributed by atoms with van der Waals surface area (Å²) in [6.45, 7) is 0.800. The smallest absolute Gasteiger partial charge is 0.336 e. The number of carboxylic acids is 1. The summed E-state index contributed by atoms with van der Waals surface area (Å²) >= 11 is 0. The first-order chi connectivity index (χ1) is 11.7. The highest BCUT2D eigenvalue weighted by molar-refractivity contribution is 5.89. The first-order valence-electron chi connectivity index (χ1n) is 8.67. The first kappa shape index (κ1) is 15.2. The van der Waals surface area contributed by atoms with Crippen LogP contribution in [0.25, 0.3) is 0 Å². The van der Waals surface area contributed by atoms with Crippen LogP contribution < -0.4 is 4.74 Å². The third-order valence-corrected chi connectivity index (χ3v) is 5.31. The van der Waals surface area contributed by atoms with Gasteiger partial charge < -0.3 is 9.84 Å². The Balaban J connectivity index is 1.57. The Morgan fingerprint density at radius 1 is 1.29 bits per heavy atom. The van der Waals surface area contributed by atoms with E-state index in [0.29, 0.717) is 11.5 Å². The van der Waals surface area contributed by atoms with Gasteiger partial charge in [-0.1, -0.05) is 12.1 Å². The number of rotatable bonds is 4. The van der Waals surface area contributed by atoms with E-state index in [-0.39, 0.29) is 0 Å². The lowest BCUT2D eigenvalue weighted by atomic mass is 9.78. The highest BCUT2D eigenvalue weighted by atomic mass is 16.5. The highest BCUT2D eigenvalue weighted by Crippen LogP contribution is 2.42. The molecule has 1 atom stereocenters. The van der Waals surface area contributed by atoms with Crippen LogP contribution >= 0.6 is 0 Å². The highest BCUT2D eigenvalue weighted by Gasteiger charge is 2.27. The summed E-state index contributed by atoms with van der Waals surface area (Å²) in [5, 5.41) is 9.32. The van der Waals surface area contributed by atoms with Crippen molar-refractivity contribution in [2.24, 2.45) is 0 Å². The lowest BCUT2D eigenvalue weighted by molar-refractivity contribution is 0.0695. The number of aromatic nitrogens is 1. The molecule has 2 aliphatic rings. The number of nitrogens with zero attached hydrogens (tertiary/aromatic N) is 1. The lowest BCUT2D eigenvalue weighted by Gasteiger charge is -2.27. The lowest BCUT2D eigenvalue weighted by Crippen LogP contribution is -2.13. The molecule has 1 aromatic heterocycles. The molecule has 0 bridgehead atoms. The zero-order valence-corrected chi connectivity index (χ0v) is 13.6. The van der Waals surface area contributed by atoms with E-state index in [2.05, 4.69) is 17.1 Å². The first-order valence-corrected chi connectivity index (χ1v) is 8.67. The molecular weight excluding hydrogens is 302 g/mol. The second-order valence-electron chi connectivity index (χ2n) is 6.69. The van der Waals surface area contributed by atoms with E-state index < -0.39 is 5.97 Å². The van der Waals surface area contributed by atoms with Gasteiger partial charge in [-0.05, 0) is 66.3 Å². The molecule has 0 saturated carbocycles. The summed E-state index contributed by atoms with van der Waals surface area (Å²) in [5.41, 5.74) is 5.34. The average Bonchev–Trinajstić information content (AvgIpc) is 3.09. The van der Waals surface area contributed by atoms with Crippen LogP contribution in [0.1, 0.15) is 57.8 Å². The largest absolute Gasteiger partial charge is 0.493 e. The van der Waals surface area contributed by atoms with Gasteiger partial charge in [-0.3, -0.25) is 4.98 Å². The number of pyridine rings is 1. The second kappa shape index (κ2) is 6.27. The molecule has 1 N–H and O–H groups in total. The topological polar surface area (TPSA) is 59.4 Å². The van der Waals surface area contributed by atoms with Gasteiger partial charge in [0.1, 0.15) is 5.75 Å². The van der Waals surface area contributed by atoms with E-state index in [1.165, 1.54) is 23.1 Å². The van der Waals surface area contributed by atoms with E-state index in [4.69, 9.17) is 4.74 Å². The molecule has 124 valence electrons. The van der Waals surface area contributed by atoms with Crippen molar-refractivity contribution in [2.75, 3.05) is 6.61 Å². The Bertz CT molecular complexity index is 784. The summed E-state index contributed by atoms with van der Waals surface area (Å²) in [6, 6.07) is 6.08. The number of carboxylic acid groups (broad SMARTS) is 1. The molecule has 2 heterocycles. The van der Waals surface area contributed by atoms with Gasteiger partial charge in [0.05, 0.1) is 12.2 Å². The van der Waals surface area contributed by atoms with Crippen LogP contribution in [-0.4, -0.2) is 22.7 Å². The van der Waals surface area contributed by atoms with Gasteiger partial charge >= 0.3 is 5.97 Å². The molecule has 4 heteroatoms. The van der Waals surface area contributed by atoms with Gasteiger partial charge in [0.15, 0.2) is 0 Å². The van der Waals surface area contributed by atoms with E-state index in [1.54, 1.807) is 18.5 Å². The summed E-state index contributed by atoms with van der Waals surface area (Å²) in [5.74, 6) is 0.734. The van der Waals surface area contributed by atoms with Crippen molar-refractivity contribution in [2.45, 2.75) is 44.4 Å². The number of hydrogen-bond acceptors (Lipinski definition) is 3. The van der Waals surface area contributed by atoms with Crippen LogP contribution in [0.3, 0.4) is 0 Å². The van der Waals surface area contributed by atoms with E-state index in [0.717, 1.165) is 50.0 Å². The van der Waals surface area contributed by atoms with E-state index >= 15 is 0 Å². The molecule has 24 heavy (non-hydrogen) atoms. The number of carbonyl (C=O) groups is 1. The van der Waals surface area contributed by atoms with Gasteiger partial charge in [-0.15, -0.1) is 0 Å². The van der Waals surface area contributed by atoms with Gasteiger partial charge in [-0.25, -0.2) is 4.79 Å². The van der Waals surface area contributed by atoms with Crippen molar-refractivity contribution in [3.8, 4) is 5.75 Å². The van der Waals surface area contributed by atoms with Crippen LogP contribution in [0.15, 0.2) is 30.6 Å².